The molecule has 0 unspecified atom stereocenters. The quantitative estimate of drug-likeness (QED) is 0.675. The second-order valence-electron chi connectivity index (χ2n) is 5.42. The SMILES string of the molecule is COC(=O)C1CCN(C(=O)CCc2ccc(N)cc2)CC1. The van der Waals surface area contributed by atoms with Crippen LogP contribution in [0.1, 0.15) is 24.8 Å². The third-order valence-corrected chi connectivity index (χ3v) is 3.99. The topological polar surface area (TPSA) is 72.6 Å². The number of rotatable bonds is 4. The second kappa shape index (κ2) is 7.11. The van der Waals surface area contributed by atoms with Crippen molar-refractivity contribution < 1.29 is 14.3 Å². The number of ether oxygens (including phenoxy) is 1. The lowest BCUT2D eigenvalue weighted by Crippen LogP contribution is -2.40. The third kappa shape index (κ3) is 4.21. The molecule has 5 nitrogen and oxygen atoms in total. The van der Waals surface area contributed by atoms with Crippen LogP contribution < -0.4 is 5.73 Å². The van der Waals surface area contributed by atoms with E-state index in [0.29, 0.717) is 32.4 Å². The first-order valence-corrected chi connectivity index (χ1v) is 7.30. The molecule has 21 heavy (non-hydrogen) atoms. The van der Waals surface area contributed by atoms with Gasteiger partial charge in [-0.1, -0.05) is 12.1 Å². The van der Waals surface area contributed by atoms with Crippen molar-refractivity contribution in [1.82, 2.24) is 4.90 Å². The van der Waals surface area contributed by atoms with E-state index in [1.165, 1.54) is 7.11 Å². The van der Waals surface area contributed by atoms with E-state index in [-0.39, 0.29) is 17.8 Å². The molecule has 0 radical (unpaired) electrons. The van der Waals surface area contributed by atoms with E-state index in [1.54, 1.807) is 0 Å². The molecule has 1 aliphatic heterocycles. The average molecular weight is 290 g/mol. The van der Waals surface area contributed by atoms with E-state index in [1.807, 2.05) is 29.2 Å². The molecule has 1 saturated heterocycles. The summed E-state index contributed by atoms with van der Waals surface area (Å²) in [5, 5.41) is 0. The van der Waals surface area contributed by atoms with Gasteiger partial charge in [-0.3, -0.25) is 9.59 Å². The van der Waals surface area contributed by atoms with Gasteiger partial charge in [-0.05, 0) is 37.0 Å². The molecule has 1 heterocycles. The van der Waals surface area contributed by atoms with Crippen molar-refractivity contribution in [1.29, 1.82) is 0 Å². The van der Waals surface area contributed by atoms with E-state index >= 15 is 0 Å². The zero-order valence-corrected chi connectivity index (χ0v) is 12.4. The van der Waals surface area contributed by atoms with Gasteiger partial charge in [0.1, 0.15) is 0 Å². The Morgan fingerprint density at radius 3 is 2.43 bits per heavy atom. The minimum Gasteiger partial charge on any atom is -0.469 e. The number of esters is 1. The van der Waals surface area contributed by atoms with Crippen LogP contribution in [0.15, 0.2) is 24.3 Å². The first-order chi connectivity index (χ1) is 10.1. The van der Waals surface area contributed by atoms with E-state index in [2.05, 4.69) is 0 Å². The summed E-state index contributed by atoms with van der Waals surface area (Å²) in [5.74, 6) is -0.0738. The monoisotopic (exact) mass is 290 g/mol. The highest BCUT2D eigenvalue weighted by Gasteiger charge is 2.27. The number of carbonyl (C=O) groups excluding carboxylic acids is 2. The molecule has 1 fully saturated rings. The van der Waals surface area contributed by atoms with Crippen LogP contribution in [0, 0.1) is 5.92 Å². The maximum Gasteiger partial charge on any atom is 0.308 e. The molecule has 5 heteroatoms. The fourth-order valence-corrected chi connectivity index (χ4v) is 2.62. The molecule has 0 bridgehead atoms. The number of nitrogens with zero attached hydrogens (tertiary/aromatic N) is 1. The lowest BCUT2D eigenvalue weighted by molar-refractivity contribution is -0.148. The first-order valence-electron chi connectivity index (χ1n) is 7.30. The van der Waals surface area contributed by atoms with Gasteiger partial charge in [0.25, 0.3) is 0 Å². The van der Waals surface area contributed by atoms with Gasteiger partial charge in [-0.15, -0.1) is 0 Å². The summed E-state index contributed by atoms with van der Waals surface area (Å²) >= 11 is 0. The number of aryl methyl sites for hydroxylation is 1. The highest BCUT2D eigenvalue weighted by Crippen LogP contribution is 2.19. The maximum absolute atomic E-state index is 12.2. The number of amides is 1. The van der Waals surface area contributed by atoms with Crippen LogP contribution >= 0.6 is 0 Å². The molecule has 1 aliphatic rings. The van der Waals surface area contributed by atoms with Crippen molar-refractivity contribution in [2.45, 2.75) is 25.7 Å². The van der Waals surface area contributed by atoms with Crippen LogP contribution in [0.4, 0.5) is 5.69 Å². The average Bonchev–Trinajstić information content (AvgIpc) is 2.53. The molecule has 1 aromatic carbocycles. The van der Waals surface area contributed by atoms with Crippen LogP contribution in [0.5, 0.6) is 0 Å². The number of likely N-dealkylation sites (tertiary alicyclic amines) is 1. The van der Waals surface area contributed by atoms with Crippen molar-refractivity contribution in [3.8, 4) is 0 Å². The fraction of sp³-hybridized carbons (Fsp3) is 0.500. The van der Waals surface area contributed by atoms with Crippen molar-refractivity contribution in [3.63, 3.8) is 0 Å². The zero-order valence-electron chi connectivity index (χ0n) is 12.4. The van der Waals surface area contributed by atoms with E-state index < -0.39 is 0 Å². The van der Waals surface area contributed by atoms with Gasteiger partial charge in [0.2, 0.25) is 5.91 Å². The van der Waals surface area contributed by atoms with Crippen LogP contribution in [0.3, 0.4) is 0 Å². The minimum absolute atomic E-state index is 0.0591. The van der Waals surface area contributed by atoms with Gasteiger partial charge in [0.05, 0.1) is 13.0 Å². The van der Waals surface area contributed by atoms with E-state index in [4.69, 9.17) is 10.5 Å². The first kappa shape index (κ1) is 15.4. The Labute approximate surface area is 125 Å². The third-order valence-electron chi connectivity index (χ3n) is 3.99. The Hall–Kier alpha value is -2.04. The summed E-state index contributed by atoms with van der Waals surface area (Å²) in [6, 6.07) is 7.60. The lowest BCUT2D eigenvalue weighted by atomic mass is 9.96. The van der Waals surface area contributed by atoms with E-state index in [0.717, 1.165) is 17.7 Å². The number of nitrogens with two attached hydrogens (primary N) is 1. The van der Waals surface area contributed by atoms with Crippen LogP contribution in [-0.4, -0.2) is 37.0 Å². The molecule has 114 valence electrons. The molecule has 1 amide bonds. The van der Waals surface area contributed by atoms with Gasteiger partial charge in [0, 0.05) is 25.2 Å². The predicted molar refractivity (Wildman–Crippen MR) is 80.5 cm³/mol. The molecular formula is C16H22N2O3. The Bertz CT molecular complexity index is 491. The Morgan fingerprint density at radius 1 is 1.24 bits per heavy atom. The maximum atomic E-state index is 12.2. The van der Waals surface area contributed by atoms with Crippen molar-refractivity contribution in [2.24, 2.45) is 5.92 Å². The van der Waals surface area contributed by atoms with Crippen molar-refractivity contribution in [3.05, 3.63) is 29.8 Å². The van der Waals surface area contributed by atoms with Gasteiger partial charge in [-0.25, -0.2) is 0 Å². The summed E-state index contributed by atoms with van der Waals surface area (Å²) in [7, 11) is 1.41. The summed E-state index contributed by atoms with van der Waals surface area (Å²) in [4.78, 5) is 25.5. The molecule has 1 aromatic rings. The van der Waals surface area contributed by atoms with Crippen LogP contribution in [0.25, 0.3) is 0 Å². The number of piperidine rings is 1. The molecule has 2 rings (SSSR count). The smallest absolute Gasteiger partial charge is 0.308 e. The number of hydrogen-bond acceptors (Lipinski definition) is 4. The number of methoxy groups -OCH3 is 1. The lowest BCUT2D eigenvalue weighted by Gasteiger charge is -2.30. The molecule has 2 N–H and O–H groups in total. The van der Waals surface area contributed by atoms with E-state index in [9.17, 15) is 9.59 Å². The molecule has 0 aromatic heterocycles. The van der Waals surface area contributed by atoms with Gasteiger partial charge in [0.15, 0.2) is 0 Å². The Balaban J connectivity index is 1.77. The van der Waals surface area contributed by atoms with Gasteiger partial charge < -0.3 is 15.4 Å². The Morgan fingerprint density at radius 2 is 1.86 bits per heavy atom. The number of nitrogen functional groups attached to an aromatic ring is 1. The Kier molecular flexibility index (Phi) is 5.20. The number of benzene rings is 1. The normalized spacial score (nSPS) is 15.8. The molecule has 0 spiro atoms. The fourth-order valence-electron chi connectivity index (χ4n) is 2.62. The number of carbonyl (C=O) groups is 2. The van der Waals surface area contributed by atoms with Crippen molar-refractivity contribution in [2.75, 3.05) is 25.9 Å². The molecule has 0 aliphatic carbocycles. The van der Waals surface area contributed by atoms with Gasteiger partial charge in [-0.2, -0.15) is 0 Å². The largest absolute Gasteiger partial charge is 0.469 e. The number of hydrogen-bond donors (Lipinski definition) is 1. The highest BCUT2D eigenvalue weighted by atomic mass is 16.5. The molecule has 0 saturated carbocycles. The van der Waals surface area contributed by atoms with Crippen molar-refractivity contribution >= 4 is 17.6 Å². The standard InChI is InChI=1S/C16H22N2O3/c1-21-16(20)13-8-10-18(11-9-13)15(19)7-4-12-2-5-14(17)6-3-12/h2-3,5-6,13H,4,7-11,17H2,1H3. The summed E-state index contributed by atoms with van der Waals surface area (Å²) in [6.45, 7) is 1.28. The minimum atomic E-state index is -0.163. The zero-order chi connectivity index (χ0) is 15.2. The second-order valence-corrected chi connectivity index (χ2v) is 5.42. The molecular weight excluding hydrogens is 268 g/mol. The summed E-state index contributed by atoms with van der Waals surface area (Å²) in [5.41, 5.74) is 7.48. The van der Waals surface area contributed by atoms with Crippen LogP contribution in [-0.2, 0) is 20.7 Å². The summed E-state index contributed by atoms with van der Waals surface area (Å²) < 4.78 is 4.75. The van der Waals surface area contributed by atoms with Gasteiger partial charge >= 0.3 is 5.97 Å². The van der Waals surface area contributed by atoms with Crippen LogP contribution in [0.2, 0.25) is 0 Å². The highest BCUT2D eigenvalue weighted by molar-refractivity contribution is 5.77. The predicted octanol–water partition coefficient (Wildman–Crippen LogP) is 1.61. The molecule has 0 atom stereocenters. The number of anilines is 1. The summed E-state index contributed by atoms with van der Waals surface area (Å²) in [6.07, 6.45) is 2.60.